The number of hydrogen-bond acceptors (Lipinski definition) is 4. The number of ether oxygens (including phenoxy) is 1. The number of carbonyl (C=O) groups is 1. The standard InChI is InChI=1S/C16H8Br2O4/c17-10-1-4-12(5-2-10)21-15(19)13-8-9-7-11(18)3-6-14(9)22-16(13)20/h1-8H. The molecular weight excluding hydrogens is 416 g/mol. The van der Waals surface area contributed by atoms with Crippen molar-refractivity contribution in [2.45, 2.75) is 0 Å². The van der Waals surface area contributed by atoms with Gasteiger partial charge in [0.25, 0.3) is 0 Å². The normalized spacial score (nSPS) is 10.6. The first-order chi connectivity index (χ1) is 10.5. The zero-order chi connectivity index (χ0) is 15.7. The molecule has 0 saturated carbocycles. The van der Waals surface area contributed by atoms with Gasteiger partial charge in [0, 0.05) is 14.3 Å². The first-order valence-electron chi connectivity index (χ1n) is 6.24. The van der Waals surface area contributed by atoms with Crippen molar-refractivity contribution in [1.29, 1.82) is 0 Å². The summed E-state index contributed by atoms with van der Waals surface area (Å²) >= 11 is 6.62. The maximum absolute atomic E-state index is 12.1. The number of fused-ring (bicyclic) bond motifs is 1. The van der Waals surface area contributed by atoms with Gasteiger partial charge in [0.05, 0.1) is 0 Å². The molecule has 0 saturated heterocycles. The second kappa shape index (κ2) is 6.06. The van der Waals surface area contributed by atoms with Gasteiger partial charge in [-0.1, -0.05) is 31.9 Å². The zero-order valence-corrected chi connectivity index (χ0v) is 14.2. The van der Waals surface area contributed by atoms with Crippen LogP contribution in [-0.4, -0.2) is 5.97 Å². The van der Waals surface area contributed by atoms with Crippen molar-refractivity contribution in [2.75, 3.05) is 0 Å². The summed E-state index contributed by atoms with van der Waals surface area (Å²) in [7, 11) is 0. The van der Waals surface area contributed by atoms with Crippen molar-refractivity contribution >= 4 is 48.8 Å². The first-order valence-corrected chi connectivity index (χ1v) is 7.83. The molecular formula is C16H8Br2O4. The Bertz CT molecular complexity index is 914. The van der Waals surface area contributed by atoms with Crippen molar-refractivity contribution in [3.8, 4) is 5.75 Å². The number of benzene rings is 2. The van der Waals surface area contributed by atoms with Gasteiger partial charge in [-0.3, -0.25) is 0 Å². The number of halogens is 2. The van der Waals surface area contributed by atoms with Crippen LogP contribution in [-0.2, 0) is 0 Å². The minimum atomic E-state index is -0.752. The molecule has 22 heavy (non-hydrogen) atoms. The lowest BCUT2D eigenvalue weighted by molar-refractivity contribution is 0.0730. The van der Waals surface area contributed by atoms with Crippen molar-refractivity contribution in [3.63, 3.8) is 0 Å². The van der Waals surface area contributed by atoms with Crippen molar-refractivity contribution in [1.82, 2.24) is 0 Å². The summed E-state index contributed by atoms with van der Waals surface area (Å²) in [4.78, 5) is 24.1. The molecule has 2 aromatic carbocycles. The molecule has 1 aromatic heterocycles. The summed E-state index contributed by atoms with van der Waals surface area (Å²) in [5.74, 6) is -0.403. The summed E-state index contributed by atoms with van der Waals surface area (Å²) < 4.78 is 12.0. The fraction of sp³-hybridized carbons (Fsp3) is 0. The van der Waals surface area contributed by atoms with Crippen LogP contribution in [0.2, 0.25) is 0 Å². The largest absolute Gasteiger partial charge is 0.423 e. The Kier molecular flexibility index (Phi) is 4.13. The molecule has 6 heteroatoms. The monoisotopic (exact) mass is 422 g/mol. The van der Waals surface area contributed by atoms with Crippen LogP contribution >= 0.6 is 31.9 Å². The fourth-order valence-electron chi connectivity index (χ4n) is 1.90. The van der Waals surface area contributed by atoms with Crippen LogP contribution in [0.1, 0.15) is 10.4 Å². The van der Waals surface area contributed by atoms with E-state index in [1.807, 2.05) is 0 Å². The van der Waals surface area contributed by atoms with Crippen LogP contribution in [0.4, 0.5) is 0 Å². The van der Waals surface area contributed by atoms with Crippen LogP contribution in [0.15, 0.2) is 66.7 Å². The number of rotatable bonds is 2. The summed E-state index contributed by atoms with van der Waals surface area (Å²) in [5, 5.41) is 0.636. The third-order valence-corrected chi connectivity index (χ3v) is 3.96. The second-order valence-corrected chi connectivity index (χ2v) is 6.30. The van der Waals surface area contributed by atoms with Gasteiger partial charge in [-0.05, 0) is 48.5 Å². The van der Waals surface area contributed by atoms with Gasteiger partial charge in [0.2, 0.25) is 0 Å². The van der Waals surface area contributed by atoms with Crippen molar-refractivity contribution < 1.29 is 13.9 Å². The Labute approximate surface area is 142 Å². The molecule has 0 atom stereocenters. The molecule has 4 nitrogen and oxygen atoms in total. The van der Waals surface area contributed by atoms with Crippen LogP contribution in [0.5, 0.6) is 5.75 Å². The minimum Gasteiger partial charge on any atom is -0.423 e. The molecule has 1 heterocycles. The average Bonchev–Trinajstić information content (AvgIpc) is 2.49. The number of esters is 1. The maximum Gasteiger partial charge on any atom is 0.351 e. The summed E-state index contributed by atoms with van der Waals surface area (Å²) in [6.07, 6.45) is 0. The van der Waals surface area contributed by atoms with E-state index < -0.39 is 11.6 Å². The molecule has 0 radical (unpaired) electrons. The van der Waals surface area contributed by atoms with Crippen LogP contribution in [0, 0.1) is 0 Å². The Morgan fingerprint density at radius 1 is 0.955 bits per heavy atom. The number of carbonyl (C=O) groups excluding carboxylic acids is 1. The van der Waals surface area contributed by atoms with Gasteiger partial charge in [0.15, 0.2) is 0 Å². The predicted octanol–water partition coefficient (Wildman–Crippen LogP) is 4.54. The molecule has 0 aliphatic heterocycles. The third kappa shape index (κ3) is 3.13. The molecule has 0 unspecified atom stereocenters. The van der Waals surface area contributed by atoms with Gasteiger partial charge in [-0.2, -0.15) is 0 Å². The highest BCUT2D eigenvalue weighted by molar-refractivity contribution is 9.10. The Hall–Kier alpha value is -1.92. The van der Waals surface area contributed by atoms with Gasteiger partial charge in [-0.15, -0.1) is 0 Å². The Balaban J connectivity index is 1.98. The highest BCUT2D eigenvalue weighted by atomic mass is 79.9. The van der Waals surface area contributed by atoms with E-state index in [0.717, 1.165) is 8.95 Å². The van der Waals surface area contributed by atoms with E-state index in [4.69, 9.17) is 9.15 Å². The molecule has 0 aliphatic rings. The molecule has 3 aromatic rings. The highest BCUT2D eigenvalue weighted by Gasteiger charge is 2.16. The summed E-state index contributed by atoms with van der Waals surface area (Å²) in [6, 6.07) is 13.4. The van der Waals surface area contributed by atoms with Crippen LogP contribution < -0.4 is 10.4 Å². The molecule has 0 N–H and O–H groups in total. The predicted molar refractivity (Wildman–Crippen MR) is 89.3 cm³/mol. The van der Waals surface area contributed by atoms with E-state index in [2.05, 4.69) is 31.9 Å². The quantitative estimate of drug-likeness (QED) is 0.345. The summed E-state index contributed by atoms with van der Waals surface area (Å²) in [6.45, 7) is 0. The topological polar surface area (TPSA) is 56.5 Å². The van der Waals surface area contributed by atoms with E-state index in [1.165, 1.54) is 6.07 Å². The molecule has 0 bridgehead atoms. The average molecular weight is 424 g/mol. The van der Waals surface area contributed by atoms with Crippen LogP contribution in [0.3, 0.4) is 0 Å². The Morgan fingerprint density at radius 2 is 1.64 bits per heavy atom. The SMILES string of the molecule is O=C(Oc1ccc(Br)cc1)c1cc2cc(Br)ccc2oc1=O. The molecule has 0 aliphatic carbocycles. The smallest absolute Gasteiger partial charge is 0.351 e. The van der Waals surface area contributed by atoms with Crippen LogP contribution in [0.25, 0.3) is 11.0 Å². The van der Waals surface area contributed by atoms with E-state index in [-0.39, 0.29) is 5.56 Å². The lowest BCUT2D eigenvalue weighted by Crippen LogP contribution is -2.18. The molecule has 110 valence electrons. The maximum atomic E-state index is 12.1. The van der Waals surface area contributed by atoms with Gasteiger partial charge in [-0.25, -0.2) is 9.59 Å². The molecule has 0 fully saturated rings. The molecule has 0 amide bonds. The molecule has 3 rings (SSSR count). The fourth-order valence-corrected chi connectivity index (χ4v) is 2.54. The van der Waals surface area contributed by atoms with E-state index >= 15 is 0 Å². The number of hydrogen-bond donors (Lipinski definition) is 0. The zero-order valence-electron chi connectivity index (χ0n) is 11.0. The third-order valence-electron chi connectivity index (χ3n) is 2.94. The second-order valence-electron chi connectivity index (χ2n) is 4.47. The Morgan fingerprint density at radius 3 is 2.36 bits per heavy atom. The minimum absolute atomic E-state index is 0.145. The lowest BCUT2D eigenvalue weighted by Gasteiger charge is -2.04. The van der Waals surface area contributed by atoms with E-state index in [0.29, 0.717) is 16.7 Å². The lowest BCUT2D eigenvalue weighted by atomic mass is 10.2. The van der Waals surface area contributed by atoms with Gasteiger partial charge < -0.3 is 9.15 Å². The van der Waals surface area contributed by atoms with Crippen molar-refractivity contribution in [2.24, 2.45) is 0 Å². The van der Waals surface area contributed by atoms with Gasteiger partial charge in [0.1, 0.15) is 16.9 Å². The first kappa shape index (κ1) is 15.0. The highest BCUT2D eigenvalue weighted by Crippen LogP contribution is 2.21. The van der Waals surface area contributed by atoms with Gasteiger partial charge >= 0.3 is 11.6 Å². The van der Waals surface area contributed by atoms with E-state index in [1.54, 1.807) is 42.5 Å². The summed E-state index contributed by atoms with van der Waals surface area (Å²) in [5.41, 5.74) is -0.459. The van der Waals surface area contributed by atoms with Crippen molar-refractivity contribution in [3.05, 3.63) is 73.5 Å². The van der Waals surface area contributed by atoms with E-state index in [9.17, 15) is 9.59 Å². The molecule has 0 spiro atoms.